The maximum atomic E-state index is 11.0. The summed E-state index contributed by atoms with van der Waals surface area (Å²) in [6, 6.07) is 10.2. The van der Waals surface area contributed by atoms with Crippen LogP contribution in [0.2, 0.25) is 0 Å². The summed E-state index contributed by atoms with van der Waals surface area (Å²) in [5.41, 5.74) is 2.51. The minimum absolute atomic E-state index is 0.0314. The highest BCUT2D eigenvalue weighted by atomic mass is 16.4. The molecule has 0 unspecified atom stereocenters. The van der Waals surface area contributed by atoms with Crippen molar-refractivity contribution in [3.8, 4) is 11.3 Å². The van der Waals surface area contributed by atoms with Crippen LogP contribution in [-0.2, 0) is 0 Å². The lowest BCUT2D eigenvalue weighted by molar-refractivity contribution is 0.0697. The molecule has 1 aromatic carbocycles. The highest BCUT2D eigenvalue weighted by molar-refractivity contribution is 5.88. The number of carbonyl (C=O) groups is 1. The van der Waals surface area contributed by atoms with Gasteiger partial charge in [0.05, 0.1) is 30.1 Å². The Morgan fingerprint density at radius 2 is 2.00 bits per heavy atom. The molecule has 1 atom stereocenters. The van der Waals surface area contributed by atoms with Gasteiger partial charge in [-0.3, -0.25) is 0 Å². The van der Waals surface area contributed by atoms with E-state index in [9.17, 15) is 9.90 Å². The molecule has 3 rings (SSSR count). The molecule has 0 aliphatic rings. The average molecular weight is 326 g/mol. The molecule has 7 heteroatoms. The van der Waals surface area contributed by atoms with Crippen LogP contribution >= 0.6 is 0 Å². The third-order valence-corrected chi connectivity index (χ3v) is 3.86. The van der Waals surface area contributed by atoms with Crippen molar-refractivity contribution in [2.24, 2.45) is 0 Å². The van der Waals surface area contributed by atoms with Gasteiger partial charge in [-0.1, -0.05) is 19.1 Å². The Kier molecular flexibility index (Phi) is 4.43. The molecule has 0 bridgehead atoms. The molecular weight excluding hydrogens is 308 g/mol. The fourth-order valence-electron chi connectivity index (χ4n) is 2.42. The molecule has 3 aromatic rings. The van der Waals surface area contributed by atoms with Crippen LogP contribution in [0.15, 0.2) is 42.6 Å². The standard InChI is InChI=1S/C17H18N4O3/c1-2-13(10-22)19-15-7-8-16-18-9-14(21(16)20-15)11-3-5-12(6-4-11)17(23)24/h3-9,13,22H,2,10H2,1H3,(H,19,20)(H,23,24)/t13-/m1/s1. The van der Waals surface area contributed by atoms with Gasteiger partial charge in [0.2, 0.25) is 0 Å². The normalized spacial score (nSPS) is 12.2. The summed E-state index contributed by atoms with van der Waals surface area (Å²) in [7, 11) is 0. The summed E-state index contributed by atoms with van der Waals surface area (Å²) in [4.78, 5) is 15.3. The first-order valence-electron chi connectivity index (χ1n) is 7.68. The van der Waals surface area contributed by atoms with Crippen LogP contribution in [0.4, 0.5) is 5.82 Å². The summed E-state index contributed by atoms with van der Waals surface area (Å²) in [5.74, 6) is -0.316. The molecule has 0 saturated carbocycles. The number of aromatic nitrogens is 3. The lowest BCUT2D eigenvalue weighted by Crippen LogP contribution is -2.23. The zero-order valence-corrected chi connectivity index (χ0v) is 13.2. The van der Waals surface area contributed by atoms with Gasteiger partial charge in [-0.15, -0.1) is 5.10 Å². The average Bonchev–Trinajstić information content (AvgIpc) is 3.03. The highest BCUT2D eigenvalue weighted by Gasteiger charge is 2.11. The van der Waals surface area contributed by atoms with Crippen LogP contribution in [0, 0.1) is 0 Å². The number of hydrogen-bond donors (Lipinski definition) is 3. The minimum Gasteiger partial charge on any atom is -0.478 e. The molecule has 0 radical (unpaired) electrons. The molecule has 0 amide bonds. The molecule has 2 heterocycles. The summed E-state index contributed by atoms with van der Waals surface area (Å²) < 4.78 is 1.70. The van der Waals surface area contributed by atoms with E-state index in [0.717, 1.165) is 17.7 Å². The van der Waals surface area contributed by atoms with E-state index in [1.165, 1.54) is 0 Å². The Hall–Kier alpha value is -2.93. The van der Waals surface area contributed by atoms with Crippen molar-refractivity contribution in [2.45, 2.75) is 19.4 Å². The second-order valence-electron chi connectivity index (χ2n) is 5.45. The highest BCUT2D eigenvalue weighted by Crippen LogP contribution is 2.21. The number of aliphatic hydroxyl groups is 1. The van der Waals surface area contributed by atoms with E-state index in [0.29, 0.717) is 11.5 Å². The van der Waals surface area contributed by atoms with Gasteiger partial charge in [0.15, 0.2) is 5.65 Å². The van der Waals surface area contributed by atoms with E-state index in [-0.39, 0.29) is 18.2 Å². The fourth-order valence-corrected chi connectivity index (χ4v) is 2.42. The van der Waals surface area contributed by atoms with Gasteiger partial charge in [0, 0.05) is 5.56 Å². The number of imidazole rings is 1. The molecule has 2 aromatic heterocycles. The molecular formula is C17H18N4O3. The second kappa shape index (κ2) is 6.67. The Balaban J connectivity index is 1.97. The van der Waals surface area contributed by atoms with Gasteiger partial charge in [0.25, 0.3) is 0 Å². The number of carboxylic acids is 1. The summed E-state index contributed by atoms with van der Waals surface area (Å²) in [6.45, 7) is 2.02. The summed E-state index contributed by atoms with van der Waals surface area (Å²) in [5, 5.41) is 26.0. The van der Waals surface area contributed by atoms with E-state index in [1.54, 1.807) is 35.0 Å². The smallest absolute Gasteiger partial charge is 0.335 e. The lowest BCUT2D eigenvalue weighted by atomic mass is 10.1. The third-order valence-electron chi connectivity index (χ3n) is 3.86. The van der Waals surface area contributed by atoms with Gasteiger partial charge in [-0.25, -0.2) is 14.3 Å². The van der Waals surface area contributed by atoms with Gasteiger partial charge < -0.3 is 15.5 Å². The minimum atomic E-state index is -0.959. The lowest BCUT2D eigenvalue weighted by Gasteiger charge is -2.14. The quantitative estimate of drug-likeness (QED) is 0.642. The number of rotatable bonds is 6. The van der Waals surface area contributed by atoms with Gasteiger partial charge in [0.1, 0.15) is 5.82 Å². The zero-order chi connectivity index (χ0) is 17.1. The van der Waals surface area contributed by atoms with Crippen molar-refractivity contribution in [3.63, 3.8) is 0 Å². The number of aliphatic hydroxyl groups excluding tert-OH is 1. The molecule has 24 heavy (non-hydrogen) atoms. The van der Waals surface area contributed by atoms with Crippen LogP contribution in [0.3, 0.4) is 0 Å². The van der Waals surface area contributed by atoms with Crippen molar-refractivity contribution >= 4 is 17.4 Å². The maximum Gasteiger partial charge on any atom is 0.335 e. The first-order valence-corrected chi connectivity index (χ1v) is 7.68. The first-order chi connectivity index (χ1) is 11.6. The predicted molar refractivity (Wildman–Crippen MR) is 90.2 cm³/mol. The number of aromatic carboxylic acids is 1. The molecule has 0 aliphatic heterocycles. The number of carboxylic acid groups (broad SMARTS) is 1. The van der Waals surface area contributed by atoms with E-state index in [2.05, 4.69) is 15.4 Å². The summed E-state index contributed by atoms with van der Waals surface area (Å²) >= 11 is 0. The van der Waals surface area contributed by atoms with E-state index >= 15 is 0 Å². The Bertz CT molecular complexity index is 854. The second-order valence-corrected chi connectivity index (χ2v) is 5.45. The SMILES string of the molecule is CC[C@H](CO)Nc1ccc2ncc(-c3ccc(C(=O)O)cc3)n2n1. The van der Waals surface area contributed by atoms with Crippen molar-refractivity contribution in [1.29, 1.82) is 0 Å². The Morgan fingerprint density at radius 1 is 1.25 bits per heavy atom. The van der Waals surface area contributed by atoms with Crippen molar-refractivity contribution in [3.05, 3.63) is 48.2 Å². The Morgan fingerprint density at radius 3 is 2.62 bits per heavy atom. The van der Waals surface area contributed by atoms with Crippen molar-refractivity contribution < 1.29 is 15.0 Å². The number of benzene rings is 1. The van der Waals surface area contributed by atoms with Crippen LogP contribution in [-0.4, -0.2) is 43.4 Å². The van der Waals surface area contributed by atoms with Gasteiger partial charge in [-0.2, -0.15) is 0 Å². The topological polar surface area (TPSA) is 99.8 Å². The number of nitrogens with zero attached hydrogens (tertiary/aromatic N) is 3. The number of anilines is 1. The molecule has 0 saturated heterocycles. The fraction of sp³-hybridized carbons (Fsp3) is 0.235. The van der Waals surface area contributed by atoms with Crippen LogP contribution in [0.1, 0.15) is 23.7 Å². The van der Waals surface area contributed by atoms with E-state index in [1.807, 2.05) is 19.1 Å². The number of hydrogen-bond acceptors (Lipinski definition) is 5. The van der Waals surface area contributed by atoms with Crippen molar-refractivity contribution in [2.75, 3.05) is 11.9 Å². The molecule has 3 N–H and O–H groups in total. The molecule has 0 spiro atoms. The van der Waals surface area contributed by atoms with Crippen molar-refractivity contribution in [1.82, 2.24) is 14.6 Å². The van der Waals surface area contributed by atoms with Crippen LogP contribution in [0.25, 0.3) is 16.9 Å². The molecule has 0 aliphatic carbocycles. The van der Waals surface area contributed by atoms with Crippen LogP contribution in [0.5, 0.6) is 0 Å². The Labute approximate surface area is 138 Å². The molecule has 124 valence electrons. The molecule has 0 fully saturated rings. The van der Waals surface area contributed by atoms with Gasteiger partial charge >= 0.3 is 5.97 Å². The largest absolute Gasteiger partial charge is 0.478 e. The van der Waals surface area contributed by atoms with Gasteiger partial charge in [-0.05, 0) is 30.7 Å². The number of nitrogens with one attached hydrogen (secondary N) is 1. The van der Waals surface area contributed by atoms with Crippen LogP contribution < -0.4 is 5.32 Å². The maximum absolute atomic E-state index is 11.0. The first kappa shape index (κ1) is 15.9. The zero-order valence-electron chi connectivity index (χ0n) is 13.2. The number of fused-ring (bicyclic) bond motifs is 1. The molecule has 7 nitrogen and oxygen atoms in total. The van der Waals surface area contributed by atoms with E-state index in [4.69, 9.17) is 5.11 Å². The third kappa shape index (κ3) is 3.07. The predicted octanol–water partition coefficient (Wildman–Crippen LogP) is 2.28. The summed E-state index contributed by atoms with van der Waals surface area (Å²) in [6.07, 6.45) is 2.48. The van der Waals surface area contributed by atoms with E-state index < -0.39 is 5.97 Å². The monoisotopic (exact) mass is 326 g/mol.